The van der Waals surface area contributed by atoms with Gasteiger partial charge in [0.1, 0.15) is 17.1 Å². The lowest BCUT2D eigenvalue weighted by Gasteiger charge is -2.07. The Balaban J connectivity index is 1.69. The van der Waals surface area contributed by atoms with Gasteiger partial charge in [-0.3, -0.25) is 9.89 Å². The summed E-state index contributed by atoms with van der Waals surface area (Å²) in [6.07, 6.45) is 0.611. The summed E-state index contributed by atoms with van der Waals surface area (Å²) in [6, 6.07) is 8.86. The average molecular weight is 326 g/mol. The van der Waals surface area contributed by atoms with Crippen molar-refractivity contribution in [3.8, 4) is 11.6 Å². The SMILES string of the molecule is CCc1onc(C)c1C(=O)Nc1ccc(Oc2cc(C)[nH]n2)cc1. The molecule has 0 radical (unpaired) electrons. The molecule has 0 atom stereocenters. The molecule has 7 nitrogen and oxygen atoms in total. The molecule has 3 aromatic rings. The highest BCUT2D eigenvalue weighted by Crippen LogP contribution is 2.23. The molecule has 1 aromatic carbocycles. The van der Waals surface area contributed by atoms with E-state index in [2.05, 4.69) is 20.7 Å². The number of aromatic amines is 1. The summed E-state index contributed by atoms with van der Waals surface area (Å²) in [7, 11) is 0. The molecule has 0 aliphatic rings. The number of H-pyrrole nitrogens is 1. The zero-order chi connectivity index (χ0) is 17.1. The van der Waals surface area contributed by atoms with E-state index in [-0.39, 0.29) is 5.91 Å². The average Bonchev–Trinajstić information content (AvgIpc) is 3.14. The van der Waals surface area contributed by atoms with Gasteiger partial charge >= 0.3 is 0 Å². The third-order valence-corrected chi connectivity index (χ3v) is 3.50. The molecule has 124 valence electrons. The number of carbonyl (C=O) groups excluding carboxylic acids is 1. The molecule has 7 heteroatoms. The number of rotatable bonds is 5. The maximum Gasteiger partial charge on any atom is 0.261 e. The molecule has 0 saturated heterocycles. The summed E-state index contributed by atoms with van der Waals surface area (Å²) in [6.45, 7) is 5.57. The van der Waals surface area contributed by atoms with Gasteiger partial charge in [0.05, 0.1) is 5.69 Å². The molecule has 0 spiro atoms. The first kappa shape index (κ1) is 15.8. The topological polar surface area (TPSA) is 93.0 Å². The second-order valence-corrected chi connectivity index (χ2v) is 5.39. The second kappa shape index (κ2) is 6.57. The van der Waals surface area contributed by atoms with Crippen LogP contribution in [0.25, 0.3) is 0 Å². The molecule has 0 aliphatic heterocycles. The van der Waals surface area contributed by atoms with Crippen molar-refractivity contribution in [3.05, 3.63) is 53.0 Å². The summed E-state index contributed by atoms with van der Waals surface area (Å²) >= 11 is 0. The van der Waals surface area contributed by atoms with E-state index >= 15 is 0 Å². The Labute approximate surface area is 139 Å². The van der Waals surface area contributed by atoms with Gasteiger partial charge < -0.3 is 14.6 Å². The van der Waals surface area contributed by atoms with Crippen molar-refractivity contribution < 1.29 is 14.1 Å². The Morgan fingerprint density at radius 2 is 2.04 bits per heavy atom. The first-order chi connectivity index (χ1) is 11.6. The largest absolute Gasteiger partial charge is 0.438 e. The van der Waals surface area contributed by atoms with Gasteiger partial charge in [0, 0.05) is 23.9 Å². The fraction of sp³-hybridized carbons (Fsp3) is 0.235. The van der Waals surface area contributed by atoms with Gasteiger partial charge in [-0.2, -0.15) is 0 Å². The van der Waals surface area contributed by atoms with E-state index in [0.717, 1.165) is 5.69 Å². The predicted octanol–water partition coefficient (Wildman–Crippen LogP) is 3.62. The van der Waals surface area contributed by atoms with Gasteiger partial charge in [-0.05, 0) is 38.1 Å². The third kappa shape index (κ3) is 3.29. The number of nitrogens with one attached hydrogen (secondary N) is 2. The molecule has 0 aliphatic carbocycles. The van der Waals surface area contributed by atoms with Gasteiger partial charge in [-0.25, -0.2) is 0 Å². The van der Waals surface area contributed by atoms with Gasteiger partial charge in [-0.15, -0.1) is 5.10 Å². The maximum absolute atomic E-state index is 12.4. The summed E-state index contributed by atoms with van der Waals surface area (Å²) in [5.74, 6) is 1.48. The lowest BCUT2D eigenvalue weighted by atomic mass is 10.1. The summed E-state index contributed by atoms with van der Waals surface area (Å²) in [4.78, 5) is 12.4. The number of carbonyl (C=O) groups is 1. The molecular formula is C17H18N4O3. The zero-order valence-electron chi connectivity index (χ0n) is 13.7. The molecule has 0 unspecified atom stereocenters. The van der Waals surface area contributed by atoms with Crippen LogP contribution < -0.4 is 10.1 Å². The number of anilines is 1. The fourth-order valence-electron chi connectivity index (χ4n) is 2.31. The van der Waals surface area contributed by atoms with Crippen molar-refractivity contribution >= 4 is 11.6 Å². The molecule has 0 fully saturated rings. The lowest BCUT2D eigenvalue weighted by molar-refractivity contribution is 0.102. The van der Waals surface area contributed by atoms with Crippen LogP contribution >= 0.6 is 0 Å². The predicted molar refractivity (Wildman–Crippen MR) is 88.4 cm³/mol. The standard InChI is InChI=1S/C17H18N4O3/c1-4-14-16(11(3)21-24-14)17(22)18-12-5-7-13(8-6-12)23-15-9-10(2)19-20-15/h5-9H,4H2,1-3H3,(H,18,22)(H,19,20). The third-order valence-electron chi connectivity index (χ3n) is 3.50. The zero-order valence-corrected chi connectivity index (χ0v) is 13.7. The number of hydrogen-bond acceptors (Lipinski definition) is 5. The highest BCUT2D eigenvalue weighted by atomic mass is 16.5. The molecule has 0 saturated carbocycles. The monoisotopic (exact) mass is 326 g/mol. The number of hydrogen-bond donors (Lipinski definition) is 2. The van der Waals surface area contributed by atoms with Crippen molar-refractivity contribution in [1.82, 2.24) is 15.4 Å². The van der Waals surface area contributed by atoms with Crippen LogP contribution in [0.15, 0.2) is 34.9 Å². The van der Waals surface area contributed by atoms with Gasteiger partial charge in [0.25, 0.3) is 5.91 Å². The van der Waals surface area contributed by atoms with E-state index in [1.165, 1.54) is 0 Å². The highest BCUT2D eigenvalue weighted by Gasteiger charge is 2.19. The van der Waals surface area contributed by atoms with Crippen molar-refractivity contribution in [1.29, 1.82) is 0 Å². The van der Waals surface area contributed by atoms with Gasteiger partial charge in [-0.1, -0.05) is 12.1 Å². The Hall–Kier alpha value is -3.09. The Kier molecular flexibility index (Phi) is 4.33. The van der Waals surface area contributed by atoms with Gasteiger partial charge in [0.2, 0.25) is 5.88 Å². The van der Waals surface area contributed by atoms with Crippen LogP contribution in [0.2, 0.25) is 0 Å². The van der Waals surface area contributed by atoms with E-state index in [1.807, 2.05) is 13.8 Å². The van der Waals surface area contributed by atoms with E-state index < -0.39 is 0 Å². The maximum atomic E-state index is 12.4. The van der Waals surface area contributed by atoms with Crippen molar-refractivity contribution in [2.45, 2.75) is 27.2 Å². The number of amides is 1. The van der Waals surface area contributed by atoms with Crippen LogP contribution in [-0.4, -0.2) is 21.3 Å². The first-order valence-corrected chi connectivity index (χ1v) is 7.63. The second-order valence-electron chi connectivity index (χ2n) is 5.39. The minimum Gasteiger partial charge on any atom is -0.438 e. The lowest BCUT2D eigenvalue weighted by Crippen LogP contribution is -2.14. The summed E-state index contributed by atoms with van der Waals surface area (Å²) in [5, 5.41) is 13.5. The molecule has 1 amide bonds. The highest BCUT2D eigenvalue weighted by molar-refractivity contribution is 6.05. The Morgan fingerprint density at radius 3 is 2.67 bits per heavy atom. The van der Waals surface area contributed by atoms with E-state index in [0.29, 0.717) is 40.8 Å². The molecule has 2 heterocycles. The number of aromatic nitrogens is 3. The number of ether oxygens (including phenoxy) is 1. The Morgan fingerprint density at radius 1 is 1.29 bits per heavy atom. The molecule has 24 heavy (non-hydrogen) atoms. The fourth-order valence-corrected chi connectivity index (χ4v) is 2.31. The van der Waals surface area contributed by atoms with Crippen LogP contribution in [-0.2, 0) is 6.42 Å². The van der Waals surface area contributed by atoms with Crippen LogP contribution in [0.3, 0.4) is 0 Å². The molecule has 0 bridgehead atoms. The summed E-state index contributed by atoms with van der Waals surface area (Å²) in [5.41, 5.74) is 2.65. The normalized spacial score (nSPS) is 10.6. The molecule has 3 rings (SSSR count). The van der Waals surface area contributed by atoms with E-state index in [4.69, 9.17) is 9.26 Å². The number of aryl methyl sites for hydroxylation is 3. The number of benzene rings is 1. The molecular weight excluding hydrogens is 308 g/mol. The summed E-state index contributed by atoms with van der Waals surface area (Å²) < 4.78 is 10.8. The van der Waals surface area contributed by atoms with E-state index in [9.17, 15) is 4.79 Å². The van der Waals surface area contributed by atoms with Crippen LogP contribution in [0.1, 0.15) is 34.4 Å². The molecule has 2 aromatic heterocycles. The quantitative estimate of drug-likeness (QED) is 0.747. The van der Waals surface area contributed by atoms with Crippen LogP contribution in [0.4, 0.5) is 5.69 Å². The minimum absolute atomic E-state index is 0.234. The van der Waals surface area contributed by atoms with Crippen molar-refractivity contribution in [2.75, 3.05) is 5.32 Å². The van der Waals surface area contributed by atoms with Crippen LogP contribution in [0.5, 0.6) is 11.6 Å². The molecule has 2 N–H and O–H groups in total. The smallest absolute Gasteiger partial charge is 0.261 e. The van der Waals surface area contributed by atoms with Gasteiger partial charge in [0.15, 0.2) is 0 Å². The van der Waals surface area contributed by atoms with Crippen molar-refractivity contribution in [3.63, 3.8) is 0 Å². The van der Waals surface area contributed by atoms with E-state index in [1.54, 1.807) is 37.3 Å². The van der Waals surface area contributed by atoms with Crippen LogP contribution in [0, 0.1) is 13.8 Å². The minimum atomic E-state index is -0.234. The van der Waals surface area contributed by atoms with Crippen molar-refractivity contribution in [2.24, 2.45) is 0 Å². The number of nitrogens with zero attached hydrogens (tertiary/aromatic N) is 2. The first-order valence-electron chi connectivity index (χ1n) is 7.63. The Bertz CT molecular complexity index is 849.